The van der Waals surface area contributed by atoms with Crippen molar-refractivity contribution in [2.24, 2.45) is 0 Å². The predicted molar refractivity (Wildman–Crippen MR) is 79.7 cm³/mol. The number of amides is 3. The van der Waals surface area contributed by atoms with E-state index in [0.29, 0.717) is 31.9 Å². The van der Waals surface area contributed by atoms with Crippen LogP contribution in [0.5, 0.6) is 0 Å². The summed E-state index contributed by atoms with van der Waals surface area (Å²) in [5.74, 6) is 1.43. The van der Waals surface area contributed by atoms with Crippen LogP contribution in [0, 0.1) is 6.92 Å². The maximum Gasteiger partial charge on any atom is 0.319 e. The van der Waals surface area contributed by atoms with Gasteiger partial charge in [-0.25, -0.2) is 4.79 Å². The molecule has 3 amide bonds. The largest absolute Gasteiger partial charge is 0.462 e. The van der Waals surface area contributed by atoms with E-state index in [0.717, 1.165) is 5.76 Å². The second kappa shape index (κ2) is 6.47. The number of piperazine rings is 1. The summed E-state index contributed by atoms with van der Waals surface area (Å²) in [5.41, 5.74) is 0. The van der Waals surface area contributed by atoms with E-state index in [9.17, 15) is 9.59 Å². The summed E-state index contributed by atoms with van der Waals surface area (Å²) in [5, 5.41) is 0. The highest BCUT2D eigenvalue weighted by Gasteiger charge is 2.23. The molecular weight excluding hydrogens is 270 g/mol. The molecule has 0 bridgehead atoms. The standard InChI is InChI=1S/C15H21N3O3/c1-12-4-5-13(21-12)6-7-14(19)17-8-10-18(11-9-17)15(20)16(2)3/h4-7H,8-11H2,1-3H3/b7-6+. The first kappa shape index (κ1) is 15.2. The Kier molecular flexibility index (Phi) is 4.67. The highest BCUT2D eigenvalue weighted by molar-refractivity contribution is 5.91. The molecule has 1 saturated heterocycles. The molecule has 1 aliphatic heterocycles. The van der Waals surface area contributed by atoms with Crippen LogP contribution in [-0.2, 0) is 4.79 Å². The van der Waals surface area contributed by atoms with Crippen LogP contribution in [-0.4, -0.2) is 66.9 Å². The Hall–Kier alpha value is -2.24. The van der Waals surface area contributed by atoms with E-state index in [1.165, 1.54) is 6.08 Å². The van der Waals surface area contributed by atoms with Gasteiger partial charge >= 0.3 is 6.03 Å². The van der Waals surface area contributed by atoms with Gasteiger partial charge in [0.1, 0.15) is 11.5 Å². The lowest BCUT2D eigenvalue weighted by atomic mass is 10.3. The molecule has 2 heterocycles. The molecule has 1 aromatic heterocycles. The number of nitrogens with zero attached hydrogens (tertiary/aromatic N) is 3. The first-order valence-corrected chi connectivity index (χ1v) is 6.97. The summed E-state index contributed by atoms with van der Waals surface area (Å²) in [4.78, 5) is 28.9. The number of carbonyl (C=O) groups is 2. The zero-order chi connectivity index (χ0) is 15.4. The van der Waals surface area contributed by atoms with E-state index >= 15 is 0 Å². The van der Waals surface area contributed by atoms with Crippen molar-refractivity contribution in [2.75, 3.05) is 40.3 Å². The van der Waals surface area contributed by atoms with Crippen molar-refractivity contribution in [3.63, 3.8) is 0 Å². The summed E-state index contributed by atoms with van der Waals surface area (Å²) in [6, 6.07) is 3.67. The minimum Gasteiger partial charge on any atom is -0.462 e. The zero-order valence-electron chi connectivity index (χ0n) is 12.7. The minimum atomic E-state index is -0.0546. The molecule has 0 N–H and O–H groups in total. The van der Waals surface area contributed by atoms with Crippen molar-refractivity contribution in [1.29, 1.82) is 0 Å². The average Bonchev–Trinajstić information content (AvgIpc) is 2.89. The Bertz CT molecular complexity index is 540. The fraction of sp³-hybridized carbons (Fsp3) is 0.467. The summed E-state index contributed by atoms with van der Waals surface area (Å²) in [7, 11) is 3.46. The van der Waals surface area contributed by atoms with Gasteiger partial charge in [-0.2, -0.15) is 0 Å². The van der Waals surface area contributed by atoms with Crippen LogP contribution in [0.25, 0.3) is 6.08 Å². The van der Waals surface area contributed by atoms with E-state index in [4.69, 9.17) is 4.42 Å². The molecule has 114 valence electrons. The van der Waals surface area contributed by atoms with Crippen LogP contribution in [0.3, 0.4) is 0 Å². The van der Waals surface area contributed by atoms with Crippen LogP contribution in [0.2, 0.25) is 0 Å². The van der Waals surface area contributed by atoms with Gasteiger partial charge in [-0.3, -0.25) is 4.79 Å². The smallest absolute Gasteiger partial charge is 0.319 e. The minimum absolute atomic E-state index is 0.0105. The molecule has 1 fully saturated rings. The topological polar surface area (TPSA) is 57.0 Å². The third-order valence-corrected chi connectivity index (χ3v) is 3.40. The van der Waals surface area contributed by atoms with Gasteiger partial charge in [-0.15, -0.1) is 0 Å². The zero-order valence-corrected chi connectivity index (χ0v) is 12.7. The molecule has 21 heavy (non-hydrogen) atoms. The van der Waals surface area contributed by atoms with Crippen molar-refractivity contribution in [2.45, 2.75) is 6.92 Å². The maximum atomic E-state index is 12.1. The number of hydrogen-bond acceptors (Lipinski definition) is 3. The summed E-state index contributed by atoms with van der Waals surface area (Å²) in [6.45, 7) is 4.10. The quantitative estimate of drug-likeness (QED) is 0.775. The predicted octanol–water partition coefficient (Wildman–Crippen LogP) is 1.43. The van der Waals surface area contributed by atoms with Crippen LogP contribution >= 0.6 is 0 Å². The summed E-state index contributed by atoms with van der Waals surface area (Å²) >= 11 is 0. The molecule has 0 radical (unpaired) electrons. The van der Waals surface area contributed by atoms with Crippen molar-refractivity contribution in [1.82, 2.24) is 14.7 Å². The lowest BCUT2D eigenvalue weighted by molar-refractivity contribution is -0.127. The lowest BCUT2D eigenvalue weighted by Crippen LogP contribution is -2.52. The first-order valence-electron chi connectivity index (χ1n) is 6.97. The van der Waals surface area contributed by atoms with Gasteiger partial charge in [-0.05, 0) is 25.1 Å². The van der Waals surface area contributed by atoms with Crippen LogP contribution in [0.4, 0.5) is 4.79 Å². The molecular formula is C15H21N3O3. The molecule has 2 rings (SSSR count). The number of furan rings is 1. The highest BCUT2D eigenvalue weighted by atomic mass is 16.3. The van der Waals surface area contributed by atoms with Crippen molar-refractivity contribution >= 4 is 18.0 Å². The van der Waals surface area contributed by atoms with Gasteiger partial charge in [0.05, 0.1) is 0 Å². The molecule has 0 aliphatic carbocycles. The molecule has 0 spiro atoms. The average molecular weight is 291 g/mol. The second-order valence-corrected chi connectivity index (χ2v) is 5.27. The fourth-order valence-electron chi connectivity index (χ4n) is 2.20. The Balaban J connectivity index is 1.86. The van der Waals surface area contributed by atoms with Crippen LogP contribution in [0.1, 0.15) is 11.5 Å². The Morgan fingerprint density at radius 3 is 2.29 bits per heavy atom. The SMILES string of the molecule is Cc1ccc(/C=C/C(=O)N2CCN(C(=O)N(C)C)CC2)o1. The number of urea groups is 1. The molecule has 0 unspecified atom stereocenters. The molecule has 0 saturated carbocycles. The normalized spacial score (nSPS) is 15.6. The summed E-state index contributed by atoms with van der Waals surface area (Å²) in [6.07, 6.45) is 3.19. The Morgan fingerprint density at radius 2 is 1.76 bits per heavy atom. The maximum absolute atomic E-state index is 12.1. The van der Waals surface area contributed by atoms with Gasteiger partial charge in [0.25, 0.3) is 0 Å². The monoisotopic (exact) mass is 291 g/mol. The Labute approximate surface area is 124 Å². The number of rotatable bonds is 2. The van der Waals surface area contributed by atoms with Gasteiger partial charge in [0.2, 0.25) is 5.91 Å². The second-order valence-electron chi connectivity index (χ2n) is 5.27. The van der Waals surface area contributed by atoms with Gasteiger partial charge < -0.3 is 19.1 Å². The van der Waals surface area contributed by atoms with Crippen molar-refractivity contribution in [3.05, 3.63) is 29.7 Å². The van der Waals surface area contributed by atoms with Crippen molar-refractivity contribution in [3.8, 4) is 0 Å². The number of aryl methyl sites for hydroxylation is 1. The fourth-order valence-corrected chi connectivity index (χ4v) is 2.20. The third-order valence-electron chi connectivity index (χ3n) is 3.40. The van der Waals surface area contributed by atoms with E-state index < -0.39 is 0 Å². The molecule has 1 aromatic rings. The summed E-state index contributed by atoms with van der Waals surface area (Å²) < 4.78 is 5.38. The van der Waals surface area contributed by atoms with E-state index in [1.807, 2.05) is 19.1 Å². The molecule has 6 nitrogen and oxygen atoms in total. The molecule has 1 aliphatic rings. The highest BCUT2D eigenvalue weighted by Crippen LogP contribution is 2.09. The lowest BCUT2D eigenvalue weighted by Gasteiger charge is -2.35. The van der Waals surface area contributed by atoms with E-state index in [2.05, 4.69) is 0 Å². The van der Waals surface area contributed by atoms with Gasteiger partial charge in [-0.1, -0.05) is 0 Å². The van der Waals surface area contributed by atoms with Crippen LogP contribution in [0.15, 0.2) is 22.6 Å². The Morgan fingerprint density at radius 1 is 1.14 bits per heavy atom. The number of hydrogen-bond donors (Lipinski definition) is 0. The van der Waals surface area contributed by atoms with Gasteiger partial charge in [0.15, 0.2) is 0 Å². The molecule has 0 aromatic carbocycles. The third kappa shape index (κ3) is 3.87. The first-order chi connectivity index (χ1) is 9.97. The van der Waals surface area contributed by atoms with E-state index in [1.54, 1.807) is 34.9 Å². The van der Waals surface area contributed by atoms with Crippen LogP contribution < -0.4 is 0 Å². The van der Waals surface area contributed by atoms with Crippen molar-refractivity contribution < 1.29 is 14.0 Å². The van der Waals surface area contributed by atoms with Gasteiger partial charge in [0, 0.05) is 46.4 Å². The molecule has 0 atom stereocenters. The van der Waals surface area contributed by atoms with E-state index in [-0.39, 0.29) is 11.9 Å². The molecule has 6 heteroatoms. The number of carbonyl (C=O) groups excluding carboxylic acids is 2.